The third kappa shape index (κ3) is 6.16. The van der Waals surface area contributed by atoms with Gasteiger partial charge in [-0.05, 0) is 39.0 Å². The topological polar surface area (TPSA) is 54.8 Å². The van der Waals surface area contributed by atoms with E-state index in [0.29, 0.717) is 17.8 Å². The van der Waals surface area contributed by atoms with Crippen LogP contribution < -0.4 is 4.74 Å². The fourth-order valence-electron chi connectivity index (χ4n) is 3.08. The number of hydrogen-bond donors (Lipinski definition) is 0. The third-order valence-corrected chi connectivity index (χ3v) is 4.67. The van der Waals surface area contributed by atoms with E-state index in [1.165, 1.54) is 6.07 Å². The zero-order valence-corrected chi connectivity index (χ0v) is 18.0. The quantitative estimate of drug-likeness (QED) is 0.549. The molecule has 5 nitrogen and oxygen atoms in total. The largest absolute Gasteiger partial charge is 0.475 e. The summed E-state index contributed by atoms with van der Waals surface area (Å²) in [7, 11) is 1.67. The first-order valence-electron chi connectivity index (χ1n) is 9.88. The van der Waals surface area contributed by atoms with Crippen LogP contribution in [0.2, 0.25) is 0 Å². The van der Waals surface area contributed by atoms with Gasteiger partial charge in [0.05, 0.1) is 17.3 Å². The maximum Gasteiger partial charge on any atom is 0.417 e. The van der Waals surface area contributed by atoms with E-state index in [4.69, 9.17) is 4.74 Å². The van der Waals surface area contributed by atoms with Crippen LogP contribution in [0.1, 0.15) is 42.3 Å². The molecule has 0 radical (unpaired) electrons. The van der Waals surface area contributed by atoms with Crippen molar-refractivity contribution in [2.45, 2.75) is 33.0 Å². The van der Waals surface area contributed by atoms with E-state index in [1.54, 1.807) is 24.1 Å². The second-order valence-electron chi connectivity index (χ2n) is 6.79. The van der Waals surface area contributed by atoms with Gasteiger partial charge in [0.1, 0.15) is 6.61 Å². The predicted molar refractivity (Wildman–Crippen MR) is 115 cm³/mol. The van der Waals surface area contributed by atoms with Gasteiger partial charge in [-0.2, -0.15) is 13.2 Å². The molecule has 1 aromatic carbocycles. The first kappa shape index (κ1) is 24.1. The maximum absolute atomic E-state index is 13.3. The molecular weight excluding hydrogens is 407 g/mol. The highest BCUT2D eigenvalue weighted by atomic mass is 19.4. The molecule has 8 heteroatoms. The van der Waals surface area contributed by atoms with Gasteiger partial charge in [-0.3, -0.25) is 9.79 Å². The van der Waals surface area contributed by atoms with Crippen LogP contribution >= 0.6 is 0 Å². The summed E-state index contributed by atoms with van der Waals surface area (Å²) < 4.78 is 43.5. The van der Waals surface area contributed by atoms with Crippen LogP contribution in [0, 0.1) is 0 Å². The number of nitrogens with zero attached hydrogens (tertiary/aromatic N) is 3. The Bertz CT molecular complexity index is 938. The lowest BCUT2D eigenvalue weighted by Gasteiger charge is -2.28. The number of aliphatic imine (C=N–C) groups is 1. The average Bonchev–Trinajstić information content (AvgIpc) is 2.76. The molecule has 0 aliphatic rings. The molecule has 1 atom stereocenters. The van der Waals surface area contributed by atoms with E-state index in [0.717, 1.165) is 17.8 Å². The maximum atomic E-state index is 13.3. The summed E-state index contributed by atoms with van der Waals surface area (Å²) in [4.78, 5) is 22.9. The SMILES string of the molecule is C/C=C\C(=N/C)c1ccccc1C(=O)N(CC)C(C)COc1ccc(C(F)(F)F)cn1. The summed E-state index contributed by atoms with van der Waals surface area (Å²) in [5.41, 5.74) is 1.09. The molecule has 2 aromatic rings. The summed E-state index contributed by atoms with van der Waals surface area (Å²) in [5.74, 6) is -0.113. The van der Waals surface area contributed by atoms with Crippen LogP contribution in [-0.4, -0.2) is 47.7 Å². The number of aromatic nitrogens is 1. The molecule has 1 aromatic heterocycles. The molecule has 0 N–H and O–H groups in total. The number of ether oxygens (including phenoxy) is 1. The minimum atomic E-state index is -4.45. The Balaban J connectivity index is 2.16. The number of rotatable bonds is 8. The van der Waals surface area contributed by atoms with Crippen LogP contribution in [0.3, 0.4) is 0 Å². The lowest BCUT2D eigenvalue weighted by molar-refractivity contribution is -0.137. The van der Waals surface area contributed by atoms with Gasteiger partial charge >= 0.3 is 6.18 Å². The van der Waals surface area contributed by atoms with Gasteiger partial charge < -0.3 is 9.64 Å². The Kier molecular flexibility index (Phi) is 8.36. The zero-order valence-electron chi connectivity index (χ0n) is 18.0. The van der Waals surface area contributed by atoms with E-state index in [-0.39, 0.29) is 24.4 Å². The molecule has 166 valence electrons. The number of benzene rings is 1. The molecule has 0 fully saturated rings. The van der Waals surface area contributed by atoms with Crippen molar-refractivity contribution in [3.63, 3.8) is 0 Å². The molecule has 1 amide bonds. The number of likely N-dealkylation sites (N-methyl/N-ethyl adjacent to an activating group) is 1. The summed E-state index contributed by atoms with van der Waals surface area (Å²) in [5, 5.41) is 0. The Morgan fingerprint density at radius 1 is 1.23 bits per heavy atom. The van der Waals surface area contributed by atoms with Crippen LogP contribution in [-0.2, 0) is 6.18 Å². The monoisotopic (exact) mass is 433 g/mol. The Morgan fingerprint density at radius 3 is 2.42 bits per heavy atom. The van der Waals surface area contributed by atoms with Crippen molar-refractivity contribution in [1.29, 1.82) is 0 Å². The Labute approximate surface area is 180 Å². The number of carbonyl (C=O) groups is 1. The molecule has 1 heterocycles. The Morgan fingerprint density at radius 2 is 1.90 bits per heavy atom. The van der Waals surface area contributed by atoms with E-state index < -0.39 is 11.7 Å². The number of amides is 1. The van der Waals surface area contributed by atoms with Gasteiger partial charge in [-0.25, -0.2) is 4.98 Å². The van der Waals surface area contributed by atoms with Gasteiger partial charge in [0.15, 0.2) is 0 Å². The second-order valence-corrected chi connectivity index (χ2v) is 6.79. The van der Waals surface area contributed by atoms with Gasteiger partial charge in [0.2, 0.25) is 5.88 Å². The highest BCUT2D eigenvalue weighted by Crippen LogP contribution is 2.29. The van der Waals surface area contributed by atoms with Crippen LogP contribution in [0.5, 0.6) is 5.88 Å². The molecule has 1 unspecified atom stereocenters. The number of allylic oxidation sites excluding steroid dienone is 2. The van der Waals surface area contributed by atoms with E-state index >= 15 is 0 Å². The lowest BCUT2D eigenvalue weighted by Crippen LogP contribution is -2.42. The number of halogens is 3. The van der Waals surface area contributed by atoms with Gasteiger partial charge in [0.25, 0.3) is 5.91 Å². The molecule has 0 spiro atoms. The zero-order chi connectivity index (χ0) is 23.0. The number of hydrogen-bond acceptors (Lipinski definition) is 4. The molecule has 0 aliphatic carbocycles. The highest BCUT2D eigenvalue weighted by Gasteiger charge is 2.31. The Hall–Kier alpha value is -3.16. The van der Waals surface area contributed by atoms with Gasteiger partial charge in [-0.15, -0.1) is 0 Å². The van der Waals surface area contributed by atoms with Crippen molar-refractivity contribution in [1.82, 2.24) is 9.88 Å². The molecule has 0 aliphatic heterocycles. The highest BCUT2D eigenvalue weighted by molar-refractivity contribution is 6.15. The van der Waals surface area contributed by atoms with Crippen molar-refractivity contribution >= 4 is 11.6 Å². The van der Waals surface area contributed by atoms with Crippen molar-refractivity contribution in [3.05, 3.63) is 71.4 Å². The molecule has 0 saturated carbocycles. The van der Waals surface area contributed by atoms with E-state index in [2.05, 4.69) is 9.98 Å². The smallest absolute Gasteiger partial charge is 0.417 e. The average molecular weight is 433 g/mol. The molecular formula is C23H26F3N3O2. The summed E-state index contributed by atoms with van der Waals surface area (Å²) in [6.45, 7) is 6.07. The van der Waals surface area contributed by atoms with E-state index in [1.807, 2.05) is 45.1 Å². The van der Waals surface area contributed by atoms with Crippen LogP contribution in [0.15, 0.2) is 59.7 Å². The fraction of sp³-hybridized carbons (Fsp3) is 0.348. The predicted octanol–water partition coefficient (Wildman–Crippen LogP) is 5.03. The van der Waals surface area contributed by atoms with Crippen LogP contribution in [0.25, 0.3) is 0 Å². The molecule has 0 saturated heterocycles. The second kappa shape index (κ2) is 10.7. The molecule has 2 rings (SSSR count). The minimum absolute atomic E-state index is 0.0669. The summed E-state index contributed by atoms with van der Waals surface area (Å²) in [6, 6.07) is 8.98. The summed E-state index contributed by atoms with van der Waals surface area (Å²) >= 11 is 0. The van der Waals surface area contributed by atoms with Crippen LogP contribution in [0.4, 0.5) is 13.2 Å². The van der Waals surface area contributed by atoms with Gasteiger partial charge in [-0.1, -0.05) is 24.3 Å². The third-order valence-electron chi connectivity index (χ3n) is 4.67. The minimum Gasteiger partial charge on any atom is -0.475 e. The number of carbonyl (C=O) groups excluding carboxylic acids is 1. The van der Waals surface area contributed by atoms with Gasteiger partial charge in [0, 0.05) is 37.0 Å². The fourth-order valence-corrected chi connectivity index (χ4v) is 3.08. The molecule has 0 bridgehead atoms. The van der Waals surface area contributed by atoms with Crippen molar-refractivity contribution < 1.29 is 22.7 Å². The van der Waals surface area contributed by atoms with Crippen molar-refractivity contribution in [2.75, 3.05) is 20.2 Å². The normalized spacial score (nSPS) is 13.3. The standard InChI is InChI=1S/C23H26F3N3O2/c1-5-9-20(27-4)18-10-7-8-11-19(18)22(30)29(6-2)16(3)15-31-21-13-12-17(14-28-21)23(24,25)26/h5,7-14,16H,6,15H2,1-4H3/b9-5-,27-20+. The van der Waals surface area contributed by atoms with Crippen molar-refractivity contribution in [2.24, 2.45) is 4.99 Å². The lowest BCUT2D eigenvalue weighted by atomic mass is 10.0. The molecule has 31 heavy (non-hydrogen) atoms. The van der Waals surface area contributed by atoms with E-state index in [9.17, 15) is 18.0 Å². The summed E-state index contributed by atoms with van der Waals surface area (Å²) in [6.07, 6.45) is -0.0307. The first-order chi connectivity index (χ1) is 14.7. The first-order valence-corrected chi connectivity index (χ1v) is 9.88. The van der Waals surface area contributed by atoms with Crippen molar-refractivity contribution in [3.8, 4) is 5.88 Å². The number of alkyl halides is 3. The number of pyridine rings is 1.